The summed E-state index contributed by atoms with van der Waals surface area (Å²) in [5.41, 5.74) is 0.0498. The zero-order valence-corrected chi connectivity index (χ0v) is 27.8. The van der Waals surface area contributed by atoms with E-state index < -0.39 is 23.0 Å². The van der Waals surface area contributed by atoms with Gasteiger partial charge in [-0.3, -0.25) is 9.78 Å². The zero-order chi connectivity index (χ0) is 34.5. The summed E-state index contributed by atoms with van der Waals surface area (Å²) in [5.74, 6) is 0.00132. The fourth-order valence-electron chi connectivity index (χ4n) is 5.38. The molecule has 1 amide bonds. The third kappa shape index (κ3) is 7.79. The first-order chi connectivity index (χ1) is 23.6. The van der Waals surface area contributed by atoms with E-state index in [2.05, 4.69) is 37.3 Å². The summed E-state index contributed by atoms with van der Waals surface area (Å²) in [6, 6.07) is 14.9. The van der Waals surface area contributed by atoms with Gasteiger partial charge in [-0.2, -0.15) is 0 Å². The number of rotatable bonds is 12. The van der Waals surface area contributed by atoms with Gasteiger partial charge in [-0.25, -0.2) is 8.78 Å². The lowest BCUT2D eigenvalue weighted by Crippen LogP contribution is -2.44. The van der Waals surface area contributed by atoms with E-state index in [-0.39, 0.29) is 23.2 Å². The van der Waals surface area contributed by atoms with E-state index in [1.54, 1.807) is 45.4 Å². The number of aromatic nitrogens is 3. The molecule has 1 fully saturated rings. The quantitative estimate of drug-likeness (QED) is 0.152. The summed E-state index contributed by atoms with van der Waals surface area (Å²) in [6.07, 6.45) is 2.46. The van der Waals surface area contributed by atoms with Gasteiger partial charge < -0.3 is 33.7 Å². The van der Waals surface area contributed by atoms with Crippen LogP contribution in [0.15, 0.2) is 71.3 Å². The van der Waals surface area contributed by atoms with E-state index in [1.807, 2.05) is 0 Å². The highest BCUT2D eigenvalue weighted by Gasteiger charge is 2.36. The molecule has 11 nitrogen and oxygen atoms in total. The lowest BCUT2D eigenvalue weighted by molar-refractivity contribution is -0.121. The highest BCUT2D eigenvalue weighted by Crippen LogP contribution is 2.38. The predicted octanol–water partition coefficient (Wildman–Crippen LogP) is 6.30. The predicted molar refractivity (Wildman–Crippen MR) is 180 cm³/mol. The van der Waals surface area contributed by atoms with Crippen LogP contribution in [0.3, 0.4) is 0 Å². The van der Waals surface area contributed by atoms with Gasteiger partial charge in [-0.1, -0.05) is 0 Å². The van der Waals surface area contributed by atoms with Crippen LogP contribution in [0.2, 0.25) is 0 Å². The van der Waals surface area contributed by atoms with Gasteiger partial charge >= 0.3 is 0 Å². The molecule has 13 heteroatoms. The number of methoxy groups -OCH3 is 1. The third-order valence-electron chi connectivity index (χ3n) is 8.49. The van der Waals surface area contributed by atoms with Crippen LogP contribution >= 0.6 is 0 Å². The number of ether oxygens (including phenoxy) is 3. The molecule has 1 saturated heterocycles. The molecule has 0 radical (unpaired) electrons. The Morgan fingerprint density at radius 1 is 0.939 bits per heavy atom. The van der Waals surface area contributed by atoms with E-state index >= 15 is 4.39 Å². The van der Waals surface area contributed by atoms with Crippen molar-refractivity contribution in [3.63, 3.8) is 0 Å². The van der Waals surface area contributed by atoms with Gasteiger partial charge in [0, 0.05) is 67.7 Å². The maximum atomic E-state index is 15.4. The number of hydrogen-bond donors (Lipinski definition) is 1. The van der Waals surface area contributed by atoms with Gasteiger partial charge in [0.25, 0.3) is 0 Å². The summed E-state index contributed by atoms with van der Waals surface area (Å²) < 4.78 is 52.1. The number of amides is 1. The highest BCUT2D eigenvalue weighted by molar-refractivity contribution is 5.98. The van der Waals surface area contributed by atoms with Gasteiger partial charge in [0.15, 0.2) is 23.1 Å². The van der Waals surface area contributed by atoms with Crippen LogP contribution in [0.4, 0.5) is 14.5 Å². The van der Waals surface area contributed by atoms with E-state index in [0.717, 1.165) is 39.1 Å². The summed E-state index contributed by atoms with van der Waals surface area (Å²) in [6.45, 7) is 8.96. The number of anilines is 1. The molecule has 0 aliphatic carbocycles. The fourth-order valence-corrected chi connectivity index (χ4v) is 5.38. The number of likely N-dealkylation sites (N-methyl/N-ethyl adjacent to an activating group) is 1. The summed E-state index contributed by atoms with van der Waals surface area (Å²) in [7, 11) is 3.70. The molecule has 3 heterocycles. The molecule has 0 atom stereocenters. The Morgan fingerprint density at radius 2 is 1.71 bits per heavy atom. The molecule has 0 bridgehead atoms. The number of carbonyl (C=O) groups is 1. The van der Waals surface area contributed by atoms with Crippen LogP contribution in [0.25, 0.3) is 22.4 Å². The van der Waals surface area contributed by atoms with Crippen LogP contribution in [0.1, 0.15) is 26.2 Å². The van der Waals surface area contributed by atoms with Crippen molar-refractivity contribution in [3.8, 4) is 34.5 Å². The van der Waals surface area contributed by atoms with Crippen molar-refractivity contribution in [1.82, 2.24) is 25.0 Å². The molecule has 5 aromatic rings. The van der Waals surface area contributed by atoms with Gasteiger partial charge in [-0.05, 0) is 75.8 Å². The standard InChI is InChI=1S/C36H38F2N6O5/c1-36(2,35-42-41-33(49-35)23-6-8-24(37)9-7-23)34(45)40-25-10-11-30(27(38)20-25)48-29-12-13-39-28-22-32(31(46-4)21-26(28)29)47-19-5-14-44-17-15-43(3)16-18-44/h6-13,20-22H,5,14-19H2,1-4H3,(H,40,45). The van der Waals surface area contributed by atoms with Crippen LogP contribution in [0, 0.1) is 11.6 Å². The average Bonchev–Trinajstić information content (AvgIpc) is 3.60. The number of piperazine rings is 1. The fraction of sp³-hybridized carbons (Fsp3) is 0.333. The van der Waals surface area contributed by atoms with Crippen LogP contribution in [-0.2, 0) is 10.2 Å². The van der Waals surface area contributed by atoms with Crippen molar-refractivity contribution in [2.75, 3.05) is 58.8 Å². The second-order valence-electron chi connectivity index (χ2n) is 12.4. The van der Waals surface area contributed by atoms with E-state index in [0.29, 0.717) is 40.3 Å². The summed E-state index contributed by atoms with van der Waals surface area (Å²) in [5, 5.41) is 11.3. The first-order valence-corrected chi connectivity index (χ1v) is 16.0. The van der Waals surface area contributed by atoms with Crippen molar-refractivity contribution in [3.05, 3.63) is 84.4 Å². The lowest BCUT2D eigenvalue weighted by Gasteiger charge is -2.32. The number of pyridine rings is 1. The number of carbonyl (C=O) groups excluding carboxylic acids is 1. The Hall–Kier alpha value is -5.14. The van der Waals surface area contributed by atoms with E-state index in [1.165, 1.54) is 42.5 Å². The second-order valence-corrected chi connectivity index (χ2v) is 12.4. The first kappa shape index (κ1) is 33.7. The summed E-state index contributed by atoms with van der Waals surface area (Å²) >= 11 is 0. The van der Waals surface area contributed by atoms with Crippen LogP contribution < -0.4 is 19.5 Å². The topological polar surface area (TPSA) is 115 Å². The largest absolute Gasteiger partial charge is 0.493 e. The minimum Gasteiger partial charge on any atom is -0.493 e. The van der Waals surface area contributed by atoms with Gasteiger partial charge in [0.1, 0.15) is 17.0 Å². The number of hydrogen-bond acceptors (Lipinski definition) is 10. The molecule has 1 aliphatic heterocycles. The van der Waals surface area contributed by atoms with Crippen molar-refractivity contribution in [1.29, 1.82) is 0 Å². The lowest BCUT2D eigenvalue weighted by atomic mass is 9.92. The van der Waals surface area contributed by atoms with Crippen molar-refractivity contribution < 1.29 is 32.2 Å². The molecule has 0 spiro atoms. The molecular formula is C36H38F2N6O5. The highest BCUT2D eigenvalue weighted by atomic mass is 19.1. The normalized spacial score (nSPS) is 14.2. The molecule has 0 saturated carbocycles. The Bertz CT molecular complexity index is 1930. The molecule has 1 aliphatic rings. The average molecular weight is 673 g/mol. The molecule has 0 unspecified atom stereocenters. The zero-order valence-electron chi connectivity index (χ0n) is 27.8. The van der Waals surface area contributed by atoms with Crippen molar-refractivity contribution >= 4 is 22.5 Å². The maximum Gasteiger partial charge on any atom is 0.247 e. The molecule has 3 aromatic carbocycles. The van der Waals surface area contributed by atoms with Gasteiger partial charge in [0.2, 0.25) is 17.7 Å². The third-order valence-corrected chi connectivity index (χ3v) is 8.49. The monoisotopic (exact) mass is 672 g/mol. The maximum absolute atomic E-state index is 15.4. The van der Waals surface area contributed by atoms with Crippen molar-refractivity contribution in [2.45, 2.75) is 25.7 Å². The number of nitrogens with one attached hydrogen (secondary N) is 1. The Kier molecular flexibility index (Phi) is 10.0. The smallest absolute Gasteiger partial charge is 0.247 e. The molecule has 49 heavy (non-hydrogen) atoms. The van der Waals surface area contributed by atoms with Crippen LogP contribution in [-0.4, -0.2) is 84.4 Å². The minimum atomic E-state index is -1.26. The Morgan fingerprint density at radius 3 is 2.45 bits per heavy atom. The molecular weight excluding hydrogens is 634 g/mol. The Labute approximate surface area is 282 Å². The minimum absolute atomic E-state index is 0.0453. The van der Waals surface area contributed by atoms with Gasteiger partial charge in [-0.15, -0.1) is 10.2 Å². The molecule has 2 aromatic heterocycles. The SMILES string of the molecule is COc1cc2c(Oc3ccc(NC(=O)C(C)(C)c4nnc(-c5ccc(F)cc5)o4)cc3F)ccnc2cc1OCCCN1CCN(C)CC1. The number of fused-ring (bicyclic) bond motifs is 1. The van der Waals surface area contributed by atoms with Crippen molar-refractivity contribution in [2.24, 2.45) is 0 Å². The first-order valence-electron chi connectivity index (χ1n) is 16.0. The van der Waals surface area contributed by atoms with E-state index in [9.17, 15) is 9.18 Å². The van der Waals surface area contributed by atoms with Crippen LogP contribution in [0.5, 0.6) is 23.0 Å². The number of nitrogens with zero attached hydrogens (tertiary/aromatic N) is 5. The van der Waals surface area contributed by atoms with E-state index in [4.69, 9.17) is 18.6 Å². The molecule has 1 N–H and O–H groups in total. The molecule has 256 valence electrons. The Balaban J connectivity index is 1.11. The van der Waals surface area contributed by atoms with Gasteiger partial charge in [0.05, 0.1) is 19.2 Å². The second kappa shape index (κ2) is 14.5. The summed E-state index contributed by atoms with van der Waals surface area (Å²) in [4.78, 5) is 22.5. The number of benzene rings is 3. The number of halogens is 2. The molecule has 6 rings (SSSR count).